The van der Waals surface area contributed by atoms with Crippen molar-refractivity contribution >= 4 is 44.3 Å². The predicted octanol–water partition coefficient (Wildman–Crippen LogP) is 5.46. The van der Waals surface area contributed by atoms with Crippen LogP contribution >= 0.6 is 18.2 Å². The molecule has 138 valence electrons. The van der Waals surface area contributed by atoms with Crippen LogP contribution in [0.25, 0.3) is 10.2 Å². The Labute approximate surface area is 174 Å². The number of hydrogen-bond donors (Lipinski definition) is 0. The number of nitriles is 1. The van der Waals surface area contributed by atoms with Crippen LogP contribution in [0.1, 0.15) is 5.01 Å². The number of fused-ring (bicyclic) bond motifs is 1. The average molecular weight is 408 g/mol. The van der Waals surface area contributed by atoms with Crippen molar-refractivity contribution in [1.82, 2.24) is 4.98 Å². The molecule has 4 heteroatoms. The molecule has 0 saturated carbocycles. The van der Waals surface area contributed by atoms with Crippen molar-refractivity contribution in [3.63, 3.8) is 0 Å². The van der Waals surface area contributed by atoms with Gasteiger partial charge in [-0.25, -0.2) is 4.98 Å². The molecule has 29 heavy (non-hydrogen) atoms. The molecule has 0 radical (unpaired) electrons. The third-order valence-corrected chi connectivity index (χ3v) is 10.6. The Morgan fingerprint density at radius 2 is 1.41 bits per heavy atom. The number of rotatable bonds is 3. The number of para-hydroxylation sites is 1. The van der Waals surface area contributed by atoms with Crippen molar-refractivity contribution in [2.75, 3.05) is 0 Å². The molecule has 3 aromatic carbocycles. The van der Waals surface area contributed by atoms with Crippen molar-refractivity contribution in [2.45, 2.75) is 0 Å². The maximum absolute atomic E-state index is 10.2. The van der Waals surface area contributed by atoms with Crippen LogP contribution in [0, 0.1) is 11.3 Å². The maximum Gasteiger partial charge on any atom is 0.125 e. The highest BCUT2D eigenvalue weighted by Gasteiger charge is 2.34. The molecule has 5 rings (SSSR count). The van der Waals surface area contributed by atoms with Gasteiger partial charge in [0.15, 0.2) is 0 Å². The Morgan fingerprint density at radius 3 is 2.03 bits per heavy atom. The van der Waals surface area contributed by atoms with Gasteiger partial charge in [-0.05, 0) is 35.7 Å². The lowest BCUT2D eigenvalue weighted by Gasteiger charge is -2.31. The smallest absolute Gasteiger partial charge is 0.125 e. The van der Waals surface area contributed by atoms with E-state index in [0.29, 0.717) is 0 Å². The third kappa shape index (κ3) is 2.81. The molecule has 2 nitrogen and oxygen atoms in total. The summed E-state index contributed by atoms with van der Waals surface area (Å²) >= 11 is 1.70. The second kappa shape index (κ2) is 7.33. The molecule has 0 atom stereocenters. The molecule has 1 aliphatic rings. The van der Waals surface area contributed by atoms with Crippen molar-refractivity contribution in [1.29, 1.82) is 5.26 Å². The average Bonchev–Trinajstić information content (AvgIpc) is 3.23. The Hall–Kier alpha value is -3.18. The second-order valence-electron chi connectivity index (χ2n) is 6.74. The number of aromatic nitrogens is 1. The van der Waals surface area contributed by atoms with Gasteiger partial charge < -0.3 is 0 Å². The Kier molecular flexibility index (Phi) is 4.52. The highest BCUT2D eigenvalue weighted by Crippen LogP contribution is 2.57. The van der Waals surface area contributed by atoms with Gasteiger partial charge in [-0.15, -0.1) is 11.3 Å². The van der Waals surface area contributed by atoms with Gasteiger partial charge in [0, 0.05) is 5.29 Å². The summed E-state index contributed by atoms with van der Waals surface area (Å²) in [6.07, 6.45) is 6.13. The fourth-order valence-electron chi connectivity index (χ4n) is 3.90. The van der Waals surface area contributed by atoms with Crippen LogP contribution in [0.5, 0.6) is 0 Å². The SMILES string of the molecule is N#CC1=CC=CC(c2nc3ccccc3s2)=P1(c1ccccc1)c1ccccc1. The predicted molar refractivity (Wildman–Crippen MR) is 126 cm³/mol. The molecule has 1 aromatic heterocycles. The van der Waals surface area contributed by atoms with Crippen molar-refractivity contribution < 1.29 is 0 Å². The van der Waals surface area contributed by atoms with Crippen LogP contribution in [-0.4, -0.2) is 10.3 Å². The first-order valence-corrected chi connectivity index (χ1v) is 12.0. The van der Waals surface area contributed by atoms with Gasteiger partial charge in [0.25, 0.3) is 0 Å². The van der Waals surface area contributed by atoms with Gasteiger partial charge in [0.2, 0.25) is 0 Å². The summed E-state index contributed by atoms with van der Waals surface area (Å²) in [6, 6.07) is 31.7. The maximum atomic E-state index is 10.2. The standard InChI is InChI=1S/C25H17N2PS/c26-18-21-14-9-16-23(25-27-22-15-7-8-17-24(22)29-25)28(21,19-10-3-1-4-11-19)20-12-5-2-6-13-20/h1-17H. The molecule has 0 aliphatic carbocycles. The number of allylic oxidation sites excluding steroid dienone is 4. The van der Waals surface area contributed by atoms with E-state index in [-0.39, 0.29) is 0 Å². The quantitative estimate of drug-likeness (QED) is 0.422. The first kappa shape index (κ1) is 17.9. The normalized spacial score (nSPS) is 15.1. The minimum absolute atomic E-state index is 0.812. The Morgan fingerprint density at radius 1 is 0.793 bits per heavy atom. The van der Waals surface area contributed by atoms with Crippen LogP contribution in [0.3, 0.4) is 0 Å². The summed E-state index contributed by atoms with van der Waals surface area (Å²) in [4.78, 5) is 4.97. The molecule has 4 aromatic rings. The van der Waals surface area contributed by atoms with Gasteiger partial charge in [0.05, 0.1) is 15.5 Å². The molecular weight excluding hydrogens is 391 g/mol. The van der Waals surface area contributed by atoms with Crippen LogP contribution in [0.4, 0.5) is 0 Å². The molecular formula is C25H17N2PS. The summed E-state index contributed by atoms with van der Waals surface area (Å²) in [5.74, 6) is 0. The van der Waals surface area contributed by atoms with Gasteiger partial charge in [0.1, 0.15) is 11.1 Å². The minimum atomic E-state index is -2.31. The zero-order valence-electron chi connectivity index (χ0n) is 15.6. The summed E-state index contributed by atoms with van der Waals surface area (Å²) in [7, 11) is 0. The fraction of sp³-hybridized carbons (Fsp3) is 0. The first-order chi connectivity index (χ1) is 14.3. The highest BCUT2D eigenvalue weighted by molar-refractivity contribution is 7.93. The van der Waals surface area contributed by atoms with E-state index in [1.54, 1.807) is 11.3 Å². The zero-order chi connectivity index (χ0) is 19.7. The van der Waals surface area contributed by atoms with Crippen LogP contribution in [0.2, 0.25) is 0 Å². The number of hydrogen-bond acceptors (Lipinski definition) is 3. The summed E-state index contributed by atoms with van der Waals surface area (Å²) < 4.78 is 1.16. The summed E-state index contributed by atoms with van der Waals surface area (Å²) in [5, 5.41) is 15.5. The van der Waals surface area contributed by atoms with Gasteiger partial charge >= 0.3 is 0 Å². The third-order valence-electron chi connectivity index (χ3n) is 5.15. The summed E-state index contributed by atoms with van der Waals surface area (Å²) in [5.41, 5.74) is 1.00. The largest absolute Gasteiger partial charge is 0.236 e. The van der Waals surface area contributed by atoms with E-state index < -0.39 is 6.89 Å². The lowest BCUT2D eigenvalue weighted by Crippen LogP contribution is -2.24. The van der Waals surface area contributed by atoms with Gasteiger partial charge in [-0.1, -0.05) is 84.9 Å². The molecule has 1 aliphatic heterocycles. The zero-order valence-corrected chi connectivity index (χ0v) is 17.3. The molecule has 0 fully saturated rings. The van der Waals surface area contributed by atoms with Crippen molar-refractivity contribution in [3.05, 3.63) is 113 Å². The van der Waals surface area contributed by atoms with Gasteiger partial charge in [-0.3, -0.25) is 0 Å². The number of thiazole rings is 1. The van der Waals surface area contributed by atoms with E-state index in [2.05, 4.69) is 72.8 Å². The summed E-state index contributed by atoms with van der Waals surface area (Å²) in [6.45, 7) is -2.31. The van der Waals surface area contributed by atoms with E-state index in [1.165, 1.54) is 10.6 Å². The lowest BCUT2D eigenvalue weighted by molar-refractivity contribution is 1.47. The molecule has 0 N–H and O–H groups in total. The Bertz CT molecular complexity index is 1280. The van der Waals surface area contributed by atoms with Crippen LogP contribution in [0.15, 0.2) is 108 Å². The lowest BCUT2D eigenvalue weighted by atomic mass is 10.3. The van der Waals surface area contributed by atoms with E-state index in [1.807, 2.05) is 36.4 Å². The monoisotopic (exact) mass is 408 g/mol. The van der Waals surface area contributed by atoms with E-state index in [4.69, 9.17) is 4.98 Å². The molecule has 0 amide bonds. The van der Waals surface area contributed by atoms with Crippen LogP contribution in [-0.2, 0) is 0 Å². The van der Waals surface area contributed by atoms with Crippen molar-refractivity contribution in [3.8, 4) is 6.07 Å². The van der Waals surface area contributed by atoms with Crippen LogP contribution < -0.4 is 10.6 Å². The number of nitrogens with zero attached hydrogens (tertiary/aromatic N) is 2. The molecule has 0 saturated heterocycles. The van der Waals surface area contributed by atoms with E-state index in [0.717, 1.165) is 25.8 Å². The van der Waals surface area contributed by atoms with E-state index in [9.17, 15) is 5.26 Å². The minimum Gasteiger partial charge on any atom is -0.236 e. The Balaban J connectivity index is 1.98. The first-order valence-electron chi connectivity index (χ1n) is 9.37. The van der Waals surface area contributed by atoms with Gasteiger partial charge in [-0.2, -0.15) is 5.26 Å². The molecule has 0 bridgehead atoms. The van der Waals surface area contributed by atoms with Crippen molar-refractivity contribution in [2.24, 2.45) is 0 Å². The fourth-order valence-corrected chi connectivity index (χ4v) is 9.35. The number of benzene rings is 3. The molecule has 2 heterocycles. The molecule has 0 unspecified atom stereocenters. The second-order valence-corrected chi connectivity index (χ2v) is 11.1. The molecule has 0 spiro atoms. The van der Waals surface area contributed by atoms with E-state index >= 15 is 0 Å². The highest BCUT2D eigenvalue weighted by atomic mass is 32.1. The topological polar surface area (TPSA) is 36.7 Å².